The first kappa shape index (κ1) is 8.16. The second-order valence-corrected chi connectivity index (χ2v) is 2.63. The summed E-state index contributed by atoms with van der Waals surface area (Å²) in [5, 5.41) is 12.7. The molecule has 0 fully saturated rings. The summed E-state index contributed by atoms with van der Waals surface area (Å²) in [4.78, 5) is 14.5. The van der Waals surface area contributed by atoms with E-state index in [1.807, 2.05) is 5.38 Å². The van der Waals surface area contributed by atoms with E-state index in [1.54, 1.807) is 5.51 Å². The van der Waals surface area contributed by atoms with Gasteiger partial charge in [-0.1, -0.05) is 0 Å². The van der Waals surface area contributed by atoms with Gasteiger partial charge in [0.2, 0.25) is 5.91 Å². The summed E-state index contributed by atoms with van der Waals surface area (Å²) in [6, 6.07) is 0. The van der Waals surface area contributed by atoms with E-state index in [1.165, 1.54) is 11.3 Å². The van der Waals surface area contributed by atoms with Crippen molar-refractivity contribution in [3.63, 3.8) is 0 Å². The maximum Gasteiger partial charge on any atom is 0.246 e. The van der Waals surface area contributed by atoms with Crippen LogP contribution in [0.3, 0.4) is 0 Å². The molecule has 1 amide bonds. The number of aliphatic hydroxyl groups excluding tert-OH is 1. The molecule has 1 heterocycles. The van der Waals surface area contributed by atoms with Gasteiger partial charge in [-0.25, -0.2) is 4.98 Å². The van der Waals surface area contributed by atoms with Crippen LogP contribution in [0.2, 0.25) is 0 Å². The molecule has 5 heteroatoms. The molecule has 0 saturated carbocycles. The molecular formula is C6H8N2O2S. The summed E-state index contributed by atoms with van der Waals surface area (Å²) in [5.41, 5.74) is 2.51. The summed E-state index contributed by atoms with van der Waals surface area (Å²) in [6.45, 7) is -0.0764. The lowest BCUT2D eigenvalue weighted by Gasteiger charge is -1.97. The Bertz CT molecular complexity index is 222. The van der Waals surface area contributed by atoms with Crippen LogP contribution in [0.25, 0.3) is 0 Å². The van der Waals surface area contributed by atoms with Crippen molar-refractivity contribution >= 4 is 17.2 Å². The van der Waals surface area contributed by atoms with Gasteiger partial charge in [-0.2, -0.15) is 0 Å². The number of hydrogen-bond donors (Lipinski definition) is 2. The molecule has 4 nitrogen and oxygen atoms in total. The molecule has 1 aromatic heterocycles. The molecular weight excluding hydrogens is 164 g/mol. The van der Waals surface area contributed by atoms with E-state index in [-0.39, 0.29) is 5.91 Å². The SMILES string of the molecule is O=C(CO)NCc1cscn1. The summed E-state index contributed by atoms with van der Waals surface area (Å²) < 4.78 is 0. The first-order valence-corrected chi connectivity index (χ1v) is 4.02. The fourth-order valence-electron chi connectivity index (χ4n) is 0.570. The lowest BCUT2D eigenvalue weighted by Crippen LogP contribution is -2.25. The van der Waals surface area contributed by atoms with Gasteiger partial charge in [-0.3, -0.25) is 4.79 Å². The van der Waals surface area contributed by atoms with Gasteiger partial charge in [0.05, 0.1) is 17.7 Å². The number of nitrogens with zero attached hydrogens (tertiary/aromatic N) is 1. The van der Waals surface area contributed by atoms with E-state index in [0.717, 1.165) is 5.69 Å². The second-order valence-electron chi connectivity index (χ2n) is 1.91. The van der Waals surface area contributed by atoms with E-state index in [4.69, 9.17) is 5.11 Å². The minimum atomic E-state index is -0.468. The van der Waals surface area contributed by atoms with Gasteiger partial charge >= 0.3 is 0 Å². The topological polar surface area (TPSA) is 62.2 Å². The zero-order valence-corrected chi connectivity index (χ0v) is 6.60. The van der Waals surface area contributed by atoms with Gasteiger partial charge in [0.25, 0.3) is 0 Å². The van der Waals surface area contributed by atoms with Gasteiger partial charge in [-0.05, 0) is 0 Å². The summed E-state index contributed by atoms with van der Waals surface area (Å²) in [5.74, 6) is -0.377. The van der Waals surface area contributed by atoms with Crippen molar-refractivity contribution in [3.8, 4) is 0 Å². The van der Waals surface area contributed by atoms with Gasteiger partial charge in [0.15, 0.2) is 0 Å². The Morgan fingerprint density at radius 3 is 3.18 bits per heavy atom. The predicted octanol–water partition coefficient (Wildman–Crippen LogP) is -0.248. The molecule has 0 bridgehead atoms. The Morgan fingerprint density at radius 2 is 2.64 bits per heavy atom. The summed E-state index contributed by atoms with van der Waals surface area (Å²) >= 11 is 1.47. The molecule has 0 spiro atoms. The molecule has 60 valence electrons. The predicted molar refractivity (Wildman–Crippen MR) is 41.0 cm³/mol. The van der Waals surface area contributed by atoms with Gasteiger partial charge in [-0.15, -0.1) is 11.3 Å². The molecule has 0 unspecified atom stereocenters. The van der Waals surface area contributed by atoms with E-state index < -0.39 is 6.61 Å². The Kier molecular flexibility index (Phi) is 3.00. The summed E-state index contributed by atoms with van der Waals surface area (Å²) in [7, 11) is 0. The molecule has 0 radical (unpaired) electrons. The van der Waals surface area contributed by atoms with Crippen LogP contribution in [0.5, 0.6) is 0 Å². The zero-order chi connectivity index (χ0) is 8.10. The minimum Gasteiger partial charge on any atom is -0.387 e. The number of aliphatic hydroxyl groups is 1. The maximum absolute atomic E-state index is 10.5. The summed E-state index contributed by atoms with van der Waals surface area (Å²) in [6.07, 6.45) is 0. The minimum absolute atomic E-state index is 0.377. The average molecular weight is 172 g/mol. The Labute approximate surface area is 67.9 Å². The van der Waals surface area contributed by atoms with Crippen LogP contribution >= 0.6 is 11.3 Å². The smallest absolute Gasteiger partial charge is 0.246 e. The quantitative estimate of drug-likeness (QED) is 0.661. The van der Waals surface area contributed by atoms with Crippen molar-refractivity contribution in [2.45, 2.75) is 6.54 Å². The molecule has 0 saturated heterocycles. The molecule has 1 aromatic rings. The monoisotopic (exact) mass is 172 g/mol. The standard InChI is InChI=1S/C6H8N2O2S/c9-2-6(10)7-1-5-3-11-4-8-5/h3-4,9H,1-2H2,(H,7,10). The Morgan fingerprint density at radius 1 is 1.82 bits per heavy atom. The Hall–Kier alpha value is -0.940. The second kappa shape index (κ2) is 4.05. The molecule has 1 rings (SSSR count). The van der Waals surface area contributed by atoms with Crippen LogP contribution in [0.1, 0.15) is 5.69 Å². The van der Waals surface area contributed by atoms with Crippen LogP contribution in [-0.4, -0.2) is 22.6 Å². The average Bonchev–Trinajstić information content (AvgIpc) is 2.52. The van der Waals surface area contributed by atoms with E-state index in [2.05, 4.69) is 10.3 Å². The van der Waals surface area contributed by atoms with Crippen LogP contribution < -0.4 is 5.32 Å². The molecule has 0 aliphatic heterocycles. The molecule has 0 aliphatic rings. The van der Waals surface area contributed by atoms with Crippen molar-refractivity contribution < 1.29 is 9.90 Å². The van der Waals surface area contributed by atoms with E-state index in [0.29, 0.717) is 6.54 Å². The van der Waals surface area contributed by atoms with Gasteiger partial charge in [0.1, 0.15) is 6.61 Å². The zero-order valence-electron chi connectivity index (χ0n) is 5.78. The fourth-order valence-corrected chi connectivity index (χ4v) is 1.13. The van der Waals surface area contributed by atoms with Crippen molar-refractivity contribution in [1.82, 2.24) is 10.3 Å². The number of thiazole rings is 1. The number of carbonyl (C=O) groups is 1. The largest absolute Gasteiger partial charge is 0.387 e. The van der Waals surface area contributed by atoms with Gasteiger partial charge < -0.3 is 10.4 Å². The van der Waals surface area contributed by atoms with E-state index in [9.17, 15) is 4.79 Å². The van der Waals surface area contributed by atoms with Gasteiger partial charge in [0, 0.05) is 5.38 Å². The van der Waals surface area contributed by atoms with Crippen molar-refractivity contribution in [2.24, 2.45) is 0 Å². The van der Waals surface area contributed by atoms with Crippen LogP contribution in [-0.2, 0) is 11.3 Å². The molecule has 0 aliphatic carbocycles. The van der Waals surface area contributed by atoms with Crippen molar-refractivity contribution in [1.29, 1.82) is 0 Å². The number of amides is 1. The first-order valence-electron chi connectivity index (χ1n) is 3.07. The first-order chi connectivity index (χ1) is 5.33. The molecule has 0 aromatic carbocycles. The number of hydrogen-bond acceptors (Lipinski definition) is 4. The maximum atomic E-state index is 10.5. The number of carbonyl (C=O) groups excluding carboxylic acids is 1. The third kappa shape index (κ3) is 2.65. The normalized spacial score (nSPS) is 9.55. The van der Waals surface area contributed by atoms with E-state index >= 15 is 0 Å². The highest BCUT2D eigenvalue weighted by Crippen LogP contribution is 1.99. The molecule has 0 atom stereocenters. The highest BCUT2D eigenvalue weighted by atomic mass is 32.1. The Balaban J connectivity index is 2.29. The lowest BCUT2D eigenvalue weighted by atomic mass is 10.5. The highest BCUT2D eigenvalue weighted by molar-refractivity contribution is 7.07. The van der Waals surface area contributed by atoms with Crippen molar-refractivity contribution in [2.75, 3.05) is 6.61 Å². The number of aromatic nitrogens is 1. The van der Waals surface area contributed by atoms with Crippen molar-refractivity contribution in [3.05, 3.63) is 16.6 Å². The molecule has 11 heavy (non-hydrogen) atoms. The molecule has 2 N–H and O–H groups in total. The third-order valence-corrected chi connectivity index (χ3v) is 1.73. The van der Waals surface area contributed by atoms with Crippen LogP contribution in [0.15, 0.2) is 10.9 Å². The van der Waals surface area contributed by atoms with Crippen LogP contribution in [0, 0.1) is 0 Å². The lowest BCUT2D eigenvalue weighted by molar-refractivity contribution is -0.123. The highest BCUT2D eigenvalue weighted by Gasteiger charge is 1.98. The third-order valence-electron chi connectivity index (χ3n) is 1.09. The number of rotatable bonds is 3. The van der Waals surface area contributed by atoms with Crippen LogP contribution in [0.4, 0.5) is 0 Å². The number of nitrogens with one attached hydrogen (secondary N) is 1. The fraction of sp³-hybridized carbons (Fsp3) is 0.333.